The number of nitrogens with zero attached hydrogens (tertiary/aromatic N) is 1. The summed E-state index contributed by atoms with van der Waals surface area (Å²) >= 11 is 5.90. The number of anilines is 2. The summed E-state index contributed by atoms with van der Waals surface area (Å²) < 4.78 is 11.3. The van der Waals surface area contributed by atoms with Crippen molar-refractivity contribution < 1.29 is 19.1 Å². The van der Waals surface area contributed by atoms with E-state index in [-0.39, 0.29) is 18.4 Å². The van der Waals surface area contributed by atoms with Gasteiger partial charge in [0.2, 0.25) is 5.91 Å². The third-order valence-corrected chi connectivity index (χ3v) is 6.06. The molecule has 0 aliphatic carbocycles. The Labute approximate surface area is 216 Å². The van der Waals surface area contributed by atoms with Gasteiger partial charge >= 0.3 is 0 Å². The number of benzene rings is 3. The van der Waals surface area contributed by atoms with Gasteiger partial charge in [-0.25, -0.2) is 0 Å². The summed E-state index contributed by atoms with van der Waals surface area (Å²) in [7, 11) is 0. The molecule has 1 N–H and O–H groups in total. The van der Waals surface area contributed by atoms with Crippen LogP contribution >= 0.6 is 11.6 Å². The first-order chi connectivity index (χ1) is 17.4. The molecule has 1 aliphatic rings. The number of carbonyl (C=O) groups is 2. The highest BCUT2D eigenvalue weighted by Crippen LogP contribution is 2.34. The van der Waals surface area contributed by atoms with Gasteiger partial charge in [0.25, 0.3) is 5.91 Å². The van der Waals surface area contributed by atoms with Crippen LogP contribution in [-0.4, -0.2) is 31.6 Å². The van der Waals surface area contributed by atoms with E-state index in [9.17, 15) is 9.59 Å². The zero-order chi connectivity index (χ0) is 25.5. The summed E-state index contributed by atoms with van der Waals surface area (Å²) in [5.41, 5.74) is 3.41. The zero-order valence-corrected chi connectivity index (χ0v) is 21.1. The summed E-state index contributed by atoms with van der Waals surface area (Å²) in [4.78, 5) is 26.7. The lowest BCUT2D eigenvalue weighted by Gasteiger charge is -2.29. The fourth-order valence-corrected chi connectivity index (χ4v) is 3.94. The summed E-state index contributed by atoms with van der Waals surface area (Å²) in [6, 6.07) is 20.6. The van der Waals surface area contributed by atoms with Crippen LogP contribution < -0.4 is 19.7 Å². The first-order valence-corrected chi connectivity index (χ1v) is 12.3. The SMILES string of the molecule is CC(C)c1ccc(/C=C/C(=O)Nc2ccc3c(c2)N(CCCOc2ccc(Cl)cc2)C(=O)CO3)cc1. The van der Waals surface area contributed by atoms with Crippen LogP contribution in [0.3, 0.4) is 0 Å². The average molecular weight is 505 g/mol. The number of fused-ring (bicyclic) bond motifs is 1. The van der Waals surface area contributed by atoms with Gasteiger partial charge in [-0.05, 0) is 72.0 Å². The van der Waals surface area contributed by atoms with Crippen molar-refractivity contribution in [3.05, 3.63) is 89.0 Å². The number of ether oxygens (including phenoxy) is 2. The zero-order valence-electron chi connectivity index (χ0n) is 20.4. The lowest BCUT2D eigenvalue weighted by atomic mass is 10.0. The predicted octanol–water partition coefficient (Wildman–Crippen LogP) is 6.31. The Kier molecular flexibility index (Phi) is 8.28. The molecule has 3 aromatic carbocycles. The average Bonchev–Trinajstić information content (AvgIpc) is 2.87. The van der Waals surface area contributed by atoms with Gasteiger partial charge in [-0.1, -0.05) is 49.7 Å². The highest BCUT2D eigenvalue weighted by molar-refractivity contribution is 6.30. The van der Waals surface area contributed by atoms with Gasteiger partial charge < -0.3 is 19.7 Å². The van der Waals surface area contributed by atoms with E-state index in [1.165, 1.54) is 11.6 Å². The molecule has 4 rings (SSSR count). The molecule has 6 nitrogen and oxygen atoms in total. The third kappa shape index (κ3) is 6.67. The van der Waals surface area contributed by atoms with E-state index in [1.54, 1.807) is 41.3 Å². The fraction of sp³-hybridized carbons (Fsp3) is 0.241. The molecule has 2 amide bonds. The number of halogens is 1. The van der Waals surface area contributed by atoms with Crippen molar-refractivity contribution in [2.75, 3.05) is 30.0 Å². The van der Waals surface area contributed by atoms with E-state index in [4.69, 9.17) is 21.1 Å². The van der Waals surface area contributed by atoms with E-state index in [0.717, 1.165) is 11.3 Å². The Bertz CT molecular complexity index is 1240. The third-order valence-electron chi connectivity index (χ3n) is 5.81. The van der Waals surface area contributed by atoms with Crippen molar-refractivity contribution in [3.8, 4) is 11.5 Å². The molecule has 0 aromatic heterocycles. The van der Waals surface area contributed by atoms with Gasteiger partial charge in [0.15, 0.2) is 6.61 Å². The second-order valence-electron chi connectivity index (χ2n) is 8.82. The molecule has 0 saturated heterocycles. The second kappa shape index (κ2) is 11.8. The Hall–Kier alpha value is -3.77. The van der Waals surface area contributed by atoms with E-state index < -0.39 is 0 Å². The monoisotopic (exact) mass is 504 g/mol. The number of hydrogen-bond acceptors (Lipinski definition) is 4. The van der Waals surface area contributed by atoms with E-state index in [2.05, 4.69) is 31.3 Å². The highest BCUT2D eigenvalue weighted by atomic mass is 35.5. The predicted molar refractivity (Wildman–Crippen MR) is 144 cm³/mol. The Balaban J connectivity index is 1.36. The maximum atomic E-state index is 12.6. The van der Waals surface area contributed by atoms with Crippen LogP contribution in [0.4, 0.5) is 11.4 Å². The molecule has 186 valence electrons. The van der Waals surface area contributed by atoms with Crippen LogP contribution in [0.2, 0.25) is 5.02 Å². The minimum absolute atomic E-state index is 0.0188. The quantitative estimate of drug-likeness (QED) is 0.274. The van der Waals surface area contributed by atoms with Crippen molar-refractivity contribution in [3.63, 3.8) is 0 Å². The van der Waals surface area contributed by atoms with Gasteiger partial charge in [-0.15, -0.1) is 0 Å². The summed E-state index contributed by atoms with van der Waals surface area (Å²) in [5, 5.41) is 3.52. The molecule has 1 aliphatic heterocycles. The lowest BCUT2D eigenvalue weighted by molar-refractivity contribution is -0.121. The minimum atomic E-state index is -0.256. The maximum Gasteiger partial charge on any atom is 0.265 e. The topological polar surface area (TPSA) is 67.9 Å². The lowest BCUT2D eigenvalue weighted by Crippen LogP contribution is -2.39. The molecule has 0 saturated carbocycles. The fourth-order valence-electron chi connectivity index (χ4n) is 3.82. The first kappa shape index (κ1) is 25.3. The van der Waals surface area contributed by atoms with Crippen molar-refractivity contribution in [1.82, 2.24) is 0 Å². The van der Waals surface area contributed by atoms with E-state index >= 15 is 0 Å². The molecule has 0 atom stereocenters. The molecule has 0 fully saturated rings. The molecule has 0 spiro atoms. The van der Waals surface area contributed by atoms with Crippen molar-refractivity contribution in [1.29, 1.82) is 0 Å². The number of rotatable bonds is 9. The number of nitrogens with one attached hydrogen (secondary N) is 1. The van der Waals surface area contributed by atoms with Crippen molar-refractivity contribution in [2.24, 2.45) is 0 Å². The molecule has 0 unspecified atom stereocenters. The first-order valence-electron chi connectivity index (χ1n) is 11.9. The molecular formula is C29H29ClN2O4. The van der Waals surface area contributed by atoms with E-state index in [1.807, 2.05) is 24.3 Å². The van der Waals surface area contributed by atoms with Crippen LogP contribution in [0.5, 0.6) is 11.5 Å². The summed E-state index contributed by atoms with van der Waals surface area (Å²) in [6.45, 7) is 5.18. The standard InChI is InChI=1S/C29H29ClN2O4/c1-20(2)22-7-4-21(5-8-22)6-15-28(33)31-24-11-14-27-26(18-24)32(29(34)19-36-27)16-3-17-35-25-12-9-23(30)10-13-25/h4-15,18,20H,3,16-17,19H2,1-2H3,(H,31,33)/b15-6+. The number of carbonyl (C=O) groups excluding carboxylic acids is 2. The molecule has 0 radical (unpaired) electrons. The van der Waals surface area contributed by atoms with Crippen LogP contribution in [0.15, 0.2) is 72.8 Å². The van der Waals surface area contributed by atoms with Gasteiger partial charge in [0.1, 0.15) is 11.5 Å². The van der Waals surface area contributed by atoms with Crippen LogP contribution in [-0.2, 0) is 9.59 Å². The normalized spacial score (nSPS) is 13.0. The van der Waals surface area contributed by atoms with Crippen LogP contribution in [0.1, 0.15) is 37.3 Å². The maximum absolute atomic E-state index is 12.6. The largest absolute Gasteiger partial charge is 0.494 e. The Morgan fingerprint density at radius 3 is 2.58 bits per heavy atom. The van der Waals surface area contributed by atoms with Crippen molar-refractivity contribution in [2.45, 2.75) is 26.2 Å². The molecular weight excluding hydrogens is 476 g/mol. The molecule has 3 aromatic rings. The summed E-state index contributed by atoms with van der Waals surface area (Å²) in [6.07, 6.45) is 3.90. The molecule has 0 bridgehead atoms. The van der Waals surface area contributed by atoms with Gasteiger partial charge in [-0.2, -0.15) is 0 Å². The Morgan fingerprint density at radius 1 is 1.11 bits per heavy atom. The second-order valence-corrected chi connectivity index (χ2v) is 9.25. The number of hydrogen-bond donors (Lipinski definition) is 1. The van der Waals surface area contributed by atoms with Gasteiger partial charge in [0, 0.05) is 23.3 Å². The smallest absolute Gasteiger partial charge is 0.265 e. The Morgan fingerprint density at radius 2 is 1.86 bits per heavy atom. The van der Waals surface area contributed by atoms with E-state index in [0.29, 0.717) is 47.6 Å². The molecule has 36 heavy (non-hydrogen) atoms. The highest BCUT2D eigenvalue weighted by Gasteiger charge is 2.25. The minimum Gasteiger partial charge on any atom is -0.494 e. The molecule has 7 heteroatoms. The molecule has 1 heterocycles. The number of amides is 2. The van der Waals surface area contributed by atoms with Crippen LogP contribution in [0.25, 0.3) is 6.08 Å². The van der Waals surface area contributed by atoms with Gasteiger partial charge in [0.05, 0.1) is 12.3 Å². The van der Waals surface area contributed by atoms with Gasteiger partial charge in [-0.3, -0.25) is 9.59 Å². The van der Waals surface area contributed by atoms with Crippen LogP contribution in [0, 0.1) is 0 Å². The van der Waals surface area contributed by atoms with Crippen molar-refractivity contribution >= 4 is 40.9 Å². The summed E-state index contributed by atoms with van der Waals surface area (Å²) in [5.74, 6) is 1.40.